The van der Waals surface area contributed by atoms with Crippen LogP contribution in [0.4, 0.5) is 0 Å². The molecule has 34 heavy (non-hydrogen) atoms. The Labute approximate surface area is 200 Å². The predicted octanol–water partition coefficient (Wildman–Crippen LogP) is 5.82. The lowest BCUT2D eigenvalue weighted by Crippen LogP contribution is -2.34. The summed E-state index contributed by atoms with van der Waals surface area (Å²) in [7, 11) is 0. The van der Waals surface area contributed by atoms with Gasteiger partial charge >= 0.3 is 5.97 Å². The minimum Gasteiger partial charge on any atom is -0.478 e. The topological polar surface area (TPSA) is 75.6 Å². The number of hydrogen-bond acceptors (Lipinski definition) is 3. The molecule has 1 amide bonds. The molecule has 0 heterocycles. The van der Waals surface area contributed by atoms with Crippen molar-refractivity contribution in [1.29, 1.82) is 0 Å². The second-order valence-corrected chi connectivity index (χ2v) is 8.65. The average molecular weight is 456 g/mol. The van der Waals surface area contributed by atoms with Crippen molar-refractivity contribution in [3.8, 4) is 5.75 Å². The molecule has 2 aromatic rings. The number of hydrogen-bond donors (Lipinski definition) is 2. The maximum absolute atomic E-state index is 13.1. The zero-order valence-corrected chi connectivity index (χ0v) is 19.2. The Morgan fingerprint density at radius 1 is 1.03 bits per heavy atom. The Morgan fingerprint density at radius 2 is 1.79 bits per heavy atom. The molecule has 0 aromatic heterocycles. The van der Waals surface area contributed by atoms with Gasteiger partial charge < -0.3 is 15.2 Å². The molecule has 0 fully saturated rings. The largest absolute Gasteiger partial charge is 0.478 e. The standard InChI is InChI=1S/C29H29NO4/c1-20(21-15-17-25(18-16-21)34-24-11-3-2-4-12-24)28(31)30-27-14-8-6-10-23(27)19-22-9-5-7-13-26(22)29(32)33/h2-9,11-15,17,20,23H,10,16,18-19H2,1H3,(H,30,31)(H,32,33). The van der Waals surface area contributed by atoms with E-state index in [1.54, 1.807) is 12.1 Å². The molecule has 0 saturated heterocycles. The molecule has 0 aliphatic heterocycles. The zero-order chi connectivity index (χ0) is 23.9. The number of para-hydroxylation sites is 1. The highest BCUT2D eigenvalue weighted by molar-refractivity contribution is 5.89. The minimum absolute atomic E-state index is 0.0211. The van der Waals surface area contributed by atoms with Crippen molar-refractivity contribution in [2.75, 3.05) is 0 Å². The van der Waals surface area contributed by atoms with E-state index in [2.05, 4.69) is 11.4 Å². The van der Waals surface area contributed by atoms with Gasteiger partial charge in [-0.3, -0.25) is 4.79 Å². The predicted molar refractivity (Wildman–Crippen MR) is 132 cm³/mol. The van der Waals surface area contributed by atoms with Crippen LogP contribution in [0, 0.1) is 11.8 Å². The molecular formula is C29H29NO4. The summed E-state index contributed by atoms with van der Waals surface area (Å²) in [6.07, 6.45) is 12.7. The van der Waals surface area contributed by atoms with Crippen LogP contribution >= 0.6 is 0 Å². The molecule has 4 rings (SSSR count). The maximum Gasteiger partial charge on any atom is 0.335 e. The fraction of sp³-hybridized carbons (Fsp3) is 0.241. The first-order valence-corrected chi connectivity index (χ1v) is 11.6. The van der Waals surface area contributed by atoms with Gasteiger partial charge in [-0.1, -0.05) is 60.2 Å². The van der Waals surface area contributed by atoms with Gasteiger partial charge in [0.25, 0.3) is 0 Å². The van der Waals surface area contributed by atoms with Crippen LogP contribution in [0.2, 0.25) is 0 Å². The van der Waals surface area contributed by atoms with E-state index >= 15 is 0 Å². The maximum atomic E-state index is 13.1. The van der Waals surface area contributed by atoms with Crippen LogP contribution in [0.5, 0.6) is 5.75 Å². The molecule has 2 N–H and O–H groups in total. The van der Waals surface area contributed by atoms with E-state index in [1.165, 1.54) is 0 Å². The van der Waals surface area contributed by atoms with Crippen molar-refractivity contribution < 1.29 is 19.4 Å². The molecular weight excluding hydrogens is 426 g/mol. The number of amides is 1. The summed E-state index contributed by atoms with van der Waals surface area (Å²) in [4.78, 5) is 24.7. The lowest BCUT2D eigenvalue weighted by atomic mass is 9.87. The van der Waals surface area contributed by atoms with E-state index < -0.39 is 5.97 Å². The van der Waals surface area contributed by atoms with E-state index in [1.807, 2.05) is 73.7 Å². The van der Waals surface area contributed by atoms with E-state index in [0.717, 1.165) is 47.6 Å². The highest BCUT2D eigenvalue weighted by Crippen LogP contribution is 2.29. The van der Waals surface area contributed by atoms with Crippen molar-refractivity contribution in [3.05, 3.63) is 113 Å². The van der Waals surface area contributed by atoms with Crippen LogP contribution in [-0.4, -0.2) is 17.0 Å². The zero-order valence-electron chi connectivity index (χ0n) is 19.2. The quantitative estimate of drug-likeness (QED) is 0.526. The van der Waals surface area contributed by atoms with Crippen LogP contribution in [0.15, 0.2) is 102 Å². The van der Waals surface area contributed by atoms with Gasteiger partial charge in [0.1, 0.15) is 11.5 Å². The summed E-state index contributed by atoms with van der Waals surface area (Å²) in [5, 5.41) is 12.6. The van der Waals surface area contributed by atoms with Gasteiger partial charge in [0.2, 0.25) is 5.91 Å². The van der Waals surface area contributed by atoms with Crippen LogP contribution in [-0.2, 0) is 11.2 Å². The number of ether oxygens (including phenoxy) is 1. The molecule has 5 nitrogen and oxygen atoms in total. The number of carboxylic acids is 1. The van der Waals surface area contributed by atoms with E-state index in [9.17, 15) is 14.7 Å². The summed E-state index contributed by atoms with van der Waals surface area (Å²) in [5.41, 5.74) is 2.98. The van der Waals surface area contributed by atoms with Gasteiger partial charge in [-0.2, -0.15) is 0 Å². The van der Waals surface area contributed by atoms with Gasteiger partial charge in [-0.15, -0.1) is 0 Å². The van der Waals surface area contributed by atoms with E-state index in [-0.39, 0.29) is 17.7 Å². The van der Waals surface area contributed by atoms with E-state index in [0.29, 0.717) is 12.0 Å². The molecule has 174 valence electrons. The fourth-order valence-corrected chi connectivity index (χ4v) is 4.33. The average Bonchev–Trinajstić information content (AvgIpc) is 2.86. The summed E-state index contributed by atoms with van der Waals surface area (Å²) in [5.74, 6) is 0.466. The van der Waals surface area contributed by atoms with Crippen LogP contribution in [0.25, 0.3) is 0 Å². The van der Waals surface area contributed by atoms with Gasteiger partial charge in [0, 0.05) is 18.0 Å². The molecule has 0 spiro atoms. The first-order chi connectivity index (χ1) is 16.5. The van der Waals surface area contributed by atoms with Crippen molar-refractivity contribution in [2.24, 2.45) is 11.8 Å². The summed E-state index contributed by atoms with van der Waals surface area (Å²) in [6, 6.07) is 16.7. The Balaban J connectivity index is 1.40. The second-order valence-electron chi connectivity index (χ2n) is 8.65. The Hall–Kier alpha value is -3.86. The molecule has 5 heteroatoms. The molecule has 0 saturated carbocycles. The highest BCUT2D eigenvalue weighted by atomic mass is 16.5. The Bertz CT molecular complexity index is 1170. The Kier molecular flexibility index (Phi) is 7.43. The fourth-order valence-electron chi connectivity index (χ4n) is 4.33. The third-order valence-electron chi connectivity index (χ3n) is 6.34. The number of nitrogens with one attached hydrogen (secondary N) is 1. The third kappa shape index (κ3) is 5.73. The number of carboxylic acid groups (broad SMARTS) is 1. The van der Waals surface area contributed by atoms with Gasteiger partial charge in [-0.05, 0) is 62.1 Å². The van der Waals surface area contributed by atoms with Crippen molar-refractivity contribution in [1.82, 2.24) is 5.32 Å². The number of carbonyl (C=O) groups is 2. The molecule has 0 radical (unpaired) electrons. The monoisotopic (exact) mass is 455 g/mol. The Morgan fingerprint density at radius 3 is 2.53 bits per heavy atom. The van der Waals surface area contributed by atoms with Crippen molar-refractivity contribution in [2.45, 2.75) is 32.6 Å². The van der Waals surface area contributed by atoms with Gasteiger partial charge in [0.05, 0.1) is 11.5 Å². The smallest absolute Gasteiger partial charge is 0.335 e. The second kappa shape index (κ2) is 10.8. The van der Waals surface area contributed by atoms with Crippen LogP contribution < -0.4 is 10.1 Å². The number of benzene rings is 2. The lowest BCUT2D eigenvalue weighted by Gasteiger charge is -2.25. The molecule has 2 atom stereocenters. The van der Waals surface area contributed by atoms with Gasteiger partial charge in [0.15, 0.2) is 0 Å². The number of allylic oxidation sites excluding steroid dienone is 7. The van der Waals surface area contributed by atoms with Crippen molar-refractivity contribution in [3.63, 3.8) is 0 Å². The van der Waals surface area contributed by atoms with Crippen LogP contribution in [0.3, 0.4) is 0 Å². The SMILES string of the molecule is CC(C(=O)NC1=CC=CCC1Cc1ccccc1C(=O)O)C1=CC=C(Oc2ccccc2)CC1. The first-order valence-electron chi connectivity index (χ1n) is 11.6. The summed E-state index contributed by atoms with van der Waals surface area (Å²) < 4.78 is 5.92. The molecule has 0 bridgehead atoms. The van der Waals surface area contributed by atoms with Crippen LogP contribution in [0.1, 0.15) is 42.1 Å². The molecule has 2 aromatic carbocycles. The number of rotatable bonds is 8. The molecule has 2 unspecified atom stereocenters. The third-order valence-corrected chi connectivity index (χ3v) is 6.34. The number of aromatic carboxylic acids is 1. The molecule has 2 aliphatic rings. The highest BCUT2D eigenvalue weighted by Gasteiger charge is 2.25. The van der Waals surface area contributed by atoms with E-state index in [4.69, 9.17) is 4.74 Å². The first kappa shape index (κ1) is 23.3. The van der Waals surface area contributed by atoms with Crippen molar-refractivity contribution >= 4 is 11.9 Å². The summed E-state index contributed by atoms with van der Waals surface area (Å²) in [6.45, 7) is 1.92. The summed E-state index contributed by atoms with van der Waals surface area (Å²) >= 11 is 0. The lowest BCUT2D eigenvalue weighted by molar-refractivity contribution is -0.122. The van der Waals surface area contributed by atoms with Gasteiger partial charge in [-0.25, -0.2) is 4.79 Å². The number of carbonyl (C=O) groups excluding carboxylic acids is 1. The normalized spacial score (nSPS) is 18.3. The molecule has 2 aliphatic carbocycles. The minimum atomic E-state index is -0.932.